The van der Waals surface area contributed by atoms with Crippen LogP contribution in [0.5, 0.6) is 0 Å². The SMILES string of the molecule is CC[C@@H]1C[C@]2(CC[C@H]1C)Cc1ccc(Br)cc1/C2=N/[S@+]([O-])C(C)(C)C. The molecule has 4 heteroatoms. The third-order valence-electron chi connectivity index (χ3n) is 6.12. The van der Waals surface area contributed by atoms with Crippen LogP contribution in [0.1, 0.15) is 71.4 Å². The number of nitrogens with zero attached hydrogens (tertiary/aromatic N) is 1. The van der Waals surface area contributed by atoms with E-state index in [0.717, 1.165) is 34.9 Å². The zero-order valence-corrected chi connectivity index (χ0v) is 18.5. The molecule has 0 aromatic heterocycles. The Morgan fingerprint density at radius 3 is 2.72 bits per heavy atom. The Morgan fingerprint density at radius 2 is 2.08 bits per heavy atom. The van der Waals surface area contributed by atoms with Crippen molar-refractivity contribution in [3.8, 4) is 0 Å². The van der Waals surface area contributed by atoms with E-state index in [9.17, 15) is 4.55 Å². The largest absolute Gasteiger partial charge is 0.591 e. The Labute approximate surface area is 164 Å². The van der Waals surface area contributed by atoms with Gasteiger partial charge in [0.1, 0.15) is 21.8 Å². The molecule has 2 aliphatic rings. The van der Waals surface area contributed by atoms with Crippen LogP contribution in [0, 0.1) is 17.3 Å². The molecule has 0 heterocycles. The predicted molar refractivity (Wildman–Crippen MR) is 112 cm³/mol. The Balaban J connectivity index is 2.08. The van der Waals surface area contributed by atoms with Crippen LogP contribution in [0.15, 0.2) is 27.1 Å². The lowest BCUT2D eigenvalue weighted by molar-refractivity contribution is 0.152. The number of benzene rings is 1. The van der Waals surface area contributed by atoms with Crippen molar-refractivity contribution in [1.29, 1.82) is 0 Å². The summed E-state index contributed by atoms with van der Waals surface area (Å²) in [5.41, 5.74) is 3.79. The fourth-order valence-electron chi connectivity index (χ4n) is 4.49. The van der Waals surface area contributed by atoms with Gasteiger partial charge in [-0.3, -0.25) is 0 Å². The maximum atomic E-state index is 12.9. The highest BCUT2D eigenvalue weighted by atomic mass is 79.9. The van der Waals surface area contributed by atoms with Crippen molar-refractivity contribution >= 4 is 33.0 Å². The zero-order chi connectivity index (χ0) is 18.4. The maximum Gasteiger partial charge on any atom is 0.144 e. The molecule has 0 aliphatic heterocycles. The second kappa shape index (κ2) is 7.01. The van der Waals surface area contributed by atoms with Gasteiger partial charge in [-0.05, 0) is 76.0 Å². The summed E-state index contributed by atoms with van der Waals surface area (Å²) in [6.45, 7) is 10.7. The molecule has 0 unspecified atom stereocenters. The van der Waals surface area contributed by atoms with Crippen molar-refractivity contribution in [2.24, 2.45) is 21.6 Å². The van der Waals surface area contributed by atoms with E-state index in [-0.39, 0.29) is 10.2 Å². The van der Waals surface area contributed by atoms with Crippen molar-refractivity contribution in [2.75, 3.05) is 0 Å². The van der Waals surface area contributed by atoms with Gasteiger partial charge in [-0.15, -0.1) is 0 Å². The molecule has 1 aromatic rings. The molecule has 0 radical (unpaired) electrons. The number of hydrogen-bond acceptors (Lipinski definition) is 2. The van der Waals surface area contributed by atoms with Crippen LogP contribution in [0.4, 0.5) is 0 Å². The van der Waals surface area contributed by atoms with Crippen molar-refractivity contribution in [2.45, 2.75) is 71.5 Å². The van der Waals surface area contributed by atoms with E-state index >= 15 is 0 Å². The average Bonchev–Trinajstić information content (AvgIpc) is 2.82. The highest BCUT2D eigenvalue weighted by molar-refractivity contribution is 9.10. The van der Waals surface area contributed by atoms with Gasteiger partial charge in [0.15, 0.2) is 0 Å². The quantitative estimate of drug-likeness (QED) is 0.529. The lowest BCUT2D eigenvalue weighted by Gasteiger charge is -2.41. The molecule has 25 heavy (non-hydrogen) atoms. The Morgan fingerprint density at radius 1 is 1.36 bits per heavy atom. The fourth-order valence-corrected chi connectivity index (χ4v) is 5.58. The Kier molecular flexibility index (Phi) is 5.45. The normalized spacial score (nSPS) is 32.2. The highest BCUT2D eigenvalue weighted by Gasteiger charge is 2.49. The second-order valence-corrected chi connectivity index (χ2v) is 11.8. The minimum Gasteiger partial charge on any atom is -0.591 e. The van der Waals surface area contributed by atoms with Gasteiger partial charge < -0.3 is 4.55 Å². The van der Waals surface area contributed by atoms with Crippen molar-refractivity contribution in [1.82, 2.24) is 0 Å². The molecular weight excluding hydrogens is 394 g/mol. The molecule has 0 amide bonds. The van der Waals surface area contributed by atoms with E-state index in [1.54, 1.807) is 0 Å². The van der Waals surface area contributed by atoms with Crippen LogP contribution in [0.3, 0.4) is 0 Å². The smallest absolute Gasteiger partial charge is 0.144 e. The van der Waals surface area contributed by atoms with Crippen molar-refractivity contribution in [3.05, 3.63) is 33.8 Å². The second-order valence-electron chi connectivity index (χ2n) is 8.95. The molecule has 4 atom stereocenters. The van der Waals surface area contributed by atoms with E-state index in [0.29, 0.717) is 0 Å². The van der Waals surface area contributed by atoms with E-state index < -0.39 is 11.4 Å². The molecule has 2 nitrogen and oxygen atoms in total. The van der Waals surface area contributed by atoms with Crippen LogP contribution in [-0.2, 0) is 17.8 Å². The first-order chi connectivity index (χ1) is 11.7. The highest BCUT2D eigenvalue weighted by Crippen LogP contribution is 2.52. The first-order valence-corrected chi connectivity index (χ1v) is 11.4. The lowest BCUT2D eigenvalue weighted by atomic mass is 9.63. The third-order valence-corrected chi connectivity index (χ3v) is 8.01. The van der Waals surface area contributed by atoms with Crippen LogP contribution in [0.2, 0.25) is 0 Å². The Bertz CT molecular complexity index is 681. The summed E-state index contributed by atoms with van der Waals surface area (Å²) in [6.07, 6.45) is 5.86. The summed E-state index contributed by atoms with van der Waals surface area (Å²) >= 11 is 2.40. The minimum absolute atomic E-state index is 0.0806. The topological polar surface area (TPSA) is 35.4 Å². The molecule has 3 rings (SSSR count). The monoisotopic (exact) mass is 423 g/mol. The number of rotatable bonds is 2. The first kappa shape index (κ1) is 19.4. The van der Waals surface area contributed by atoms with E-state index in [1.807, 2.05) is 20.8 Å². The molecule has 1 fully saturated rings. The van der Waals surface area contributed by atoms with Crippen LogP contribution >= 0.6 is 15.9 Å². The van der Waals surface area contributed by atoms with E-state index in [2.05, 4.69) is 48.0 Å². The van der Waals surface area contributed by atoms with Crippen LogP contribution in [-0.4, -0.2) is 15.0 Å². The average molecular weight is 424 g/mol. The van der Waals surface area contributed by atoms with Gasteiger partial charge in [-0.25, -0.2) is 0 Å². The summed E-state index contributed by atoms with van der Waals surface area (Å²) in [5, 5.41) is 0. The summed E-state index contributed by atoms with van der Waals surface area (Å²) in [5.74, 6) is 1.51. The van der Waals surface area contributed by atoms with E-state index in [4.69, 9.17) is 4.40 Å². The van der Waals surface area contributed by atoms with Crippen LogP contribution in [0.25, 0.3) is 0 Å². The molecule has 0 N–H and O–H groups in total. The van der Waals surface area contributed by atoms with Gasteiger partial charge in [0, 0.05) is 15.5 Å². The molecule has 0 saturated heterocycles. The third kappa shape index (κ3) is 3.72. The standard InChI is InChI=1S/C21H30BrNOS/c1-6-15-12-21(10-9-14(15)2)13-16-7-8-17(22)11-18(16)19(21)23-25(24)20(3,4)5/h7-8,11,14-15H,6,9-10,12-13H2,1-5H3/b23-19-/t14-,15-,21-,25-/m1/s1. The lowest BCUT2D eigenvalue weighted by Crippen LogP contribution is -2.39. The predicted octanol–water partition coefficient (Wildman–Crippen LogP) is 6.09. The summed E-state index contributed by atoms with van der Waals surface area (Å²) in [7, 11) is 0. The molecule has 0 bridgehead atoms. The molecule has 138 valence electrons. The van der Waals surface area contributed by atoms with Gasteiger partial charge in [-0.1, -0.05) is 46.7 Å². The number of halogens is 1. The van der Waals surface area contributed by atoms with Crippen molar-refractivity contribution < 1.29 is 4.55 Å². The summed E-state index contributed by atoms with van der Waals surface area (Å²) in [6, 6.07) is 6.53. The van der Waals surface area contributed by atoms with E-state index in [1.165, 1.54) is 30.4 Å². The molecule has 2 aliphatic carbocycles. The minimum atomic E-state index is -1.22. The molecular formula is C21H30BrNOS. The van der Waals surface area contributed by atoms with Gasteiger partial charge in [0.05, 0.1) is 0 Å². The maximum absolute atomic E-state index is 12.9. The van der Waals surface area contributed by atoms with Gasteiger partial charge in [0.2, 0.25) is 0 Å². The molecule has 1 spiro atoms. The molecule has 1 aromatic carbocycles. The number of fused-ring (bicyclic) bond motifs is 1. The molecule has 1 saturated carbocycles. The fraction of sp³-hybridized carbons (Fsp3) is 0.667. The summed E-state index contributed by atoms with van der Waals surface area (Å²) in [4.78, 5) is 0. The summed E-state index contributed by atoms with van der Waals surface area (Å²) < 4.78 is 18.5. The van der Waals surface area contributed by atoms with Gasteiger partial charge in [0.25, 0.3) is 0 Å². The van der Waals surface area contributed by atoms with Crippen molar-refractivity contribution in [3.63, 3.8) is 0 Å². The van der Waals surface area contributed by atoms with Gasteiger partial charge >= 0.3 is 0 Å². The first-order valence-electron chi connectivity index (χ1n) is 9.46. The number of hydrogen-bond donors (Lipinski definition) is 0. The zero-order valence-electron chi connectivity index (χ0n) is 16.1. The van der Waals surface area contributed by atoms with Gasteiger partial charge in [-0.2, -0.15) is 0 Å². The Hall–Kier alpha value is -0.320. The van der Waals surface area contributed by atoms with Crippen LogP contribution < -0.4 is 0 Å².